The Labute approximate surface area is 113 Å². The summed E-state index contributed by atoms with van der Waals surface area (Å²) >= 11 is 0. The number of carbonyl (C=O) groups is 2. The molecule has 0 aliphatic carbocycles. The number of likely N-dealkylation sites (tertiary alicyclic amines) is 2. The Hall–Kier alpha value is -1.30. The molecule has 6 nitrogen and oxygen atoms in total. The fourth-order valence-corrected chi connectivity index (χ4v) is 2.98. The maximum Gasteiger partial charge on any atom is 0.317 e. The van der Waals surface area contributed by atoms with Crippen LogP contribution in [0.25, 0.3) is 0 Å². The van der Waals surface area contributed by atoms with E-state index in [9.17, 15) is 14.7 Å². The molecule has 2 atom stereocenters. The van der Waals surface area contributed by atoms with Crippen molar-refractivity contribution in [2.45, 2.75) is 32.2 Å². The van der Waals surface area contributed by atoms with Gasteiger partial charge in [0.15, 0.2) is 0 Å². The maximum absolute atomic E-state index is 12.1. The first-order valence-electron chi connectivity index (χ1n) is 6.94. The zero-order valence-corrected chi connectivity index (χ0v) is 11.7. The van der Waals surface area contributed by atoms with E-state index in [0.29, 0.717) is 25.9 Å². The minimum atomic E-state index is -0.786. The average molecular weight is 269 g/mol. The molecule has 0 aromatic carbocycles. The zero-order chi connectivity index (χ0) is 14.0. The summed E-state index contributed by atoms with van der Waals surface area (Å²) in [6.07, 6.45) is 2.09. The summed E-state index contributed by atoms with van der Waals surface area (Å²) in [7, 11) is 2.04. The highest BCUT2D eigenvalue weighted by atomic mass is 16.4. The van der Waals surface area contributed by atoms with Gasteiger partial charge in [-0.3, -0.25) is 4.79 Å². The number of carboxylic acids is 1. The number of hydrogen-bond donors (Lipinski definition) is 2. The first kappa shape index (κ1) is 14.1. The van der Waals surface area contributed by atoms with Crippen molar-refractivity contribution < 1.29 is 14.7 Å². The van der Waals surface area contributed by atoms with Gasteiger partial charge in [0.1, 0.15) is 0 Å². The molecule has 2 unspecified atom stereocenters. The lowest BCUT2D eigenvalue weighted by atomic mass is 9.84. The molecule has 0 aromatic heterocycles. The van der Waals surface area contributed by atoms with Crippen LogP contribution in [0, 0.1) is 5.41 Å². The average Bonchev–Trinajstić information content (AvgIpc) is 2.96. The number of nitrogens with zero attached hydrogens (tertiary/aromatic N) is 2. The quantitative estimate of drug-likeness (QED) is 0.786. The van der Waals surface area contributed by atoms with Crippen LogP contribution in [0.5, 0.6) is 0 Å². The third kappa shape index (κ3) is 2.83. The van der Waals surface area contributed by atoms with Crippen LogP contribution in [0.4, 0.5) is 4.79 Å². The van der Waals surface area contributed by atoms with E-state index in [4.69, 9.17) is 0 Å². The van der Waals surface area contributed by atoms with E-state index in [1.165, 1.54) is 0 Å². The second-order valence-corrected chi connectivity index (χ2v) is 5.81. The summed E-state index contributed by atoms with van der Waals surface area (Å²) in [6.45, 7) is 4.61. The maximum atomic E-state index is 12.1. The fourth-order valence-electron chi connectivity index (χ4n) is 2.98. The zero-order valence-electron chi connectivity index (χ0n) is 11.7. The van der Waals surface area contributed by atoms with E-state index in [-0.39, 0.29) is 12.1 Å². The highest BCUT2D eigenvalue weighted by Gasteiger charge is 2.45. The van der Waals surface area contributed by atoms with Gasteiger partial charge in [-0.2, -0.15) is 0 Å². The van der Waals surface area contributed by atoms with Crippen LogP contribution in [-0.2, 0) is 4.79 Å². The second kappa shape index (κ2) is 5.36. The standard InChI is InChI=1S/C13H23N3O3/c1-3-13(11(17)18)5-7-16(9-13)12(19)14-10-4-6-15(2)8-10/h10H,3-9H2,1-2H3,(H,14,19)(H,17,18). The summed E-state index contributed by atoms with van der Waals surface area (Å²) < 4.78 is 0. The number of amides is 2. The summed E-state index contributed by atoms with van der Waals surface area (Å²) in [5.41, 5.74) is -0.746. The number of hydrogen-bond acceptors (Lipinski definition) is 3. The Bertz CT molecular complexity index is 374. The summed E-state index contributed by atoms with van der Waals surface area (Å²) in [5, 5.41) is 12.3. The minimum Gasteiger partial charge on any atom is -0.481 e. The summed E-state index contributed by atoms with van der Waals surface area (Å²) in [4.78, 5) is 27.3. The van der Waals surface area contributed by atoms with Crippen molar-refractivity contribution >= 4 is 12.0 Å². The van der Waals surface area contributed by atoms with Gasteiger partial charge in [-0.05, 0) is 32.9 Å². The van der Waals surface area contributed by atoms with Crippen LogP contribution in [0.3, 0.4) is 0 Å². The lowest BCUT2D eigenvalue weighted by molar-refractivity contribution is -0.148. The van der Waals surface area contributed by atoms with Crippen LogP contribution in [-0.4, -0.2) is 66.2 Å². The fraction of sp³-hybridized carbons (Fsp3) is 0.846. The van der Waals surface area contributed by atoms with Crippen molar-refractivity contribution in [1.29, 1.82) is 0 Å². The lowest BCUT2D eigenvalue weighted by Gasteiger charge is -2.24. The molecule has 2 amide bonds. The highest BCUT2D eigenvalue weighted by molar-refractivity contribution is 5.79. The molecule has 0 radical (unpaired) electrons. The Kier molecular flexibility index (Phi) is 3.99. The number of likely N-dealkylation sites (N-methyl/N-ethyl adjacent to an activating group) is 1. The van der Waals surface area contributed by atoms with Gasteiger partial charge >= 0.3 is 12.0 Å². The first-order chi connectivity index (χ1) is 8.97. The molecule has 2 aliphatic heterocycles. The Morgan fingerprint density at radius 1 is 1.42 bits per heavy atom. The van der Waals surface area contributed by atoms with Crippen LogP contribution >= 0.6 is 0 Å². The van der Waals surface area contributed by atoms with Crippen molar-refractivity contribution in [3.8, 4) is 0 Å². The van der Waals surface area contributed by atoms with Crippen LogP contribution in [0.15, 0.2) is 0 Å². The predicted molar refractivity (Wildman–Crippen MR) is 71.0 cm³/mol. The molecule has 0 aromatic rings. The predicted octanol–water partition coefficient (Wildman–Crippen LogP) is 0.587. The van der Waals surface area contributed by atoms with Crippen molar-refractivity contribution in [1.82, 2.24) is 15.1 Å². The third-order valence-electron chi connectivity index (χ3n) is 4.49. The second-order valence-electron chi connectivity index (χ2n) is 5.81. The van der Waals surface area contributed by atoms with Crippen molar-refractivity contribution in [2.24, 2.45) is 5.41 Å². The topological polar surface area (TPSA) is 72.9 Å². The van der Waals surface area contributed by atoms with Gasteiger partial charge in [0.25, 0.3) is 0 Å². The number of nitrogens with one attached hydrogen (secondary N) is 1. The van der Waals surface area contributed by atoms with Gasteiger partial charge in [-0.15, -0.1) is 0 Å². The molecule has 2 heterocycles. The van der Waals surface area contributed by atoms with Gasteiger partial charge in [0.05, 0.1) is 5.41 Å². The van der Waals surface area contributed by atoms with Gasteiger partial charge in [0, 0.05) is 25.7 Å². The Morgan fingerprint density at radius 2 is 2.16 bits per heavy atom. The van der Waals surface area contributed by atoms with E-state index in [0.717, 1.165) is 19.5 Å². The third-order valence-corrected chi connectivity index (χ3v) is 4.49. The molecule has 19 heavy (non-hydrogen) atoms. The number of urea groups is 1. The molecule has 2 N–H and O–H groups in total. The molecular formula is C13H23N3O3. The summed E-state index contributed by atoms with van der Waals surface area (Å²) in [5.74, 6) is -0.786. The van der Waals surface area contributed by atoms with Crippen molar-refractivity contribution in [2.75, 3.05) is 33.2 Å². The molecule has 108 valence electrons. The smallest absolute Gasteiger partial charge is 0.317 e. The van der Waals surface area contributed by atoms with Gasteiger partial charge in [-0.1, -0.05) is 6.92 Å². The first-order valence-corrected chi connectivity index (χ1v) is 6.94. The largest absolute Gasteiger partial charge is 0.481 e. The van der Waals surface area contributed by atoms with Crippen LogP contribution in [0.1, 0.15) is 26.2 Å². The van der Waals surface area contributed by atoms with E-state index >= 15 is 0 Å². The SMILES string of the molecule is CCC1(C(=O)O)CCN(C(=O)NC2CCN(C)C2)C1. The number of rotatable bonds is 3. The molecule has 0 bridgehead atoms. The van der Waals surface area contributed by atoms with Crippen molar-refractivity contribution in [3.63, 3.8) is 0 Å². The summed E-state index contributed by atoms with van der Waals surface area (Å²) in [6, 6.07) is 0.0795. The number of carbonyl (C=O) groups excluding carboxylic acids is 1. The van der Waals surface area contributed by atoms with Gasteiger partial charge in [0.2, 0.25) is 0 Å². The van der Waals surface area contributed by atoms with Gasteiger partial charge in [-0.25, -0.2) is 4.79 Å². The molecule has 2 aliphatic rings. The molecule has 0 spiro atoms. The number of aliphatic carboxylic acids is 1. The molecule has 6 heteroatoms. The molecule has 0 saturated carbocycles. The molecule has 2 rings (SSSR count). The Morgan fingerprint density at radius 3 is 2.63 bits per heavy atom. The monoisotopic (exact) mass is 269 g/mol. The van der Waals surface area contributed by atoms with Crippen LogP contribution < -0.4 is 5.32 Å². The van der Waals surface area contributed by atoms with E-state index < -0.39 is 11.4 Å². The lowest BCUT2D eigenvalue weighted by Crippen LogP contribution is -2.46. The highest BCUT2D eigenvalue weighted by Crippen LogP contribution is 2.34. The van der Waals surface area contributed by atoms with E-state index in [1.807, 2.05) is 14.0 Å². The minimum absolute atomic E-state index is 0.114. The molecule has 2 saturated heterocycles. The Balaban J connectivity index is 1.90. The van der Waals surface area contributed by atoms with E-state index in [2.05, 4.69) is 10.2 Å². The van der Waals surface area contributed by atoms with Crippen molar-refractivity contribution in [3.05, 3.63) is 0 Å². The number of carboxylic acid groups (broad SMARTS) is 1. The molecule has 2 fully saturated rings. The normalized spacial score (nSPS) is 31.7. The molecular weight excluding hydrogens is 246 g/mol. The van der Waals surface area contributed by atoms with Crippen LogP contribution in [0.2, 0.25) is 0 Å². The van der Waals surface area contributed by atoms with Gasteiger partial charge < -0.3 is 20.2 Å². The van der Waals surface area contributed by atoms with E-state index in [1.54, 1.807) is 4.90 Å².